The van der Waals surface area contributed by atoms with Gasteiger partial charge in [0.2, 0.25) is 0 Å². The summed E-state index contributed by atoms with van der Waals surface area (Å²) in [5, 5.41) is 0. The van der Waals surface area contributed by atoms with Crippen molar-refractivity contribution in [2.24, 2.45) is 5.92 Å². The Kier molecular flexibility index (Phi) is 2.47. The van der Waals surface area contributed by atoms with Gasteiger partial charge in [-0.25, -0.2) is 0 Å². The maximum Gasteiger partial charge on any atom is 0.177 e. The van der Waals surface area contributed by atoms with Crippen molar-refractivity contribution in [1.82, 2.24) is 4.90 Å². The Morgan fingerprint density at radius 1 is 1.39 bits per heavy atom. The number of ether oxygens (including phenoxy) is 2. The van der Waals surface area contributed by atoms with Crippen molar-refractivity contribution >= 4 is 5.78 Å². The summed E-state index contributed by atoms with van der Waals surface area (Å²) in [6, 6.07) is 4.72. The Balaban J connectivity index is 1.86. The van der Waals surface area contributed by atoms with Crippen molar-refractivity contribution in [2.75, 3.05) is 20.7 Å². The lowest BCUT2D eigenvalue weighted by molar-refractivity contribution is -0.153. The van der Waals surface area contributed by atoms with Gasteiger partial charge in [-0.05, 0) is 57.3 Å². The average Bonchev–Trinajstić information content (AvgIpc) is 2.82. The van der Waals surface area contributed by atoms with E-state index in [1.165, 1.54) is 11.1 Å². The van der Waals surface area contributed by atoms with E-state index < -0.39 is 5.60 Å². The molecule has 0 unspecified atom stereocenters. The largest absolute Gasteiger partial charge is 0.493 e. The number of rotatable bonds is 1. The van der Waals surface area contributed by atoms with Gasteiger partial charge in [0.25, 0.3) is 0 Å². The number of carbonyl (C=O) groups is 1. The van der Waals surface area contributed by atoms with Crippen LogP contribution in [0.3, 0.4) is 0 Å². The lowest BCUT2D eigenvalue weighted by atomic mass is 9.47. The highest BCUT2D eigenvalue weighted by atomic mass is 16.5. The fraction of sp³-hybridized carbons (Fsp3) is 0.632. The van der Waals surface area contributed by atoms with E-state index in [0.717, 1.165) is 37.3 Å². The zero-order chi connectivity index (χ0) is 16.0. The lowest BCUT2D eigenvalue weighted by Crippen LogP contribution is -2.70. The van der Waals surface area contributed by atoms with Gasteiger partial charge in [0.15, 0.2) is 22.9 Å². The van der Waals surface area contributed by atoms with Crippen LogP contribution in [-0.4, -0.2) is 43.0 Å². The maximum absolute atomic E-state index is 12.9. The Morgan fingerprint density at radius 3 is 3.00 bits per heavy atom. The van der Waals surface area contributed by atoms with Crippen molar-refractivity contribution in [3.05, 3.63) is 23.3 Å². The maximum atomic E-state index is 12.9. The van der Waals surface area contributed by atoms with E-state index in [0.29, 0.717) is 18.4 Å². The molecule has 4 heteroatoms. The number of ketones is 1. The van der Waals surface area contributed by atoms with Crippen LogP contribution in [0.2, 0.25) is 0 Å². The first-order chi connectivity index (χ1) is 11.0. The fourth-order valence-corrected chi connectivity index (χ4v) is 6.09. The Hall–Kier alpha value is -1.55. The summed E-state index contributed by atoms with van der Waals surface area (Å²) in [7, 11) is 3.92. The SMILES string of the molecule is COc1ccc2c3c1O[C@]1(C)C(=O)CC[C@H]4[C@@H](C2)N(C)CC[C@@]341. The predicted octanol–water partition coefficient (Wildman–Crippen LogP) is 2.32. The van der Waals surface area contributed by atoms with Crippen LogP contribution in [0, 0.1) is 5.92 Å². The zero-order valence-electron chi connectivity index (χ0n) is 14.0. The molecule has 5 rings (SSSR count). The molecule has 2 fully saturated rings. The summed E-state index contributed by atoms with van der Waals surface area (Å²) in [5.74, 6) is 2.39. The van der Waals surface area contributed by atoms with Gasteiger partial charge in [-0.1, -0.05) is 6.07 Å². The summed E-state index contributed by atoms with van der Waals surface area (Å²) >= 11 is 0. The van der Waals surface area contributed by atoms with Gasteiger partial charge >= 0.3 is 0 Å². The second kappa shape index (κ2) is 4.10. The van der Waals surface area contributed by atoms with Crippen LogP contribution >= 0.6 is 0 Å². The van der Waals surface area contributed by atoms with E-state index in [2.05, 4.69) is 18.0 Å². The summed E-state index contributed by atoms with van der Waals surface area (Å²) in [6.07, 6.45) is 3.69. The van der Waals surface area contributed by atoms with Crippen molar-refractivity contribution in [3.63, 3.8) is 0 Å². The summed E-state index contributed by atoms with van der Waals surface area (Å²) < 4.78 is 12.0. The summed E-state index contributed by atoms with van der Waals surface area (Å²) in [6.45, 7) is 3.07. The van der Waals surface area contributed by atoms with Crippen LogP contribution in [0.4, 0.5) is 0 Å². The van der Waals surface area contributed by atoms with E-state index in [4.69, 9.17) is 9.47 Å². The van der Waals surface area contributed by atoms with Crippen molar-refractivity contribution in [1.29, 1.82) is 0 Å². The smallest absolute Gasteiger partial charge is 0.177 e. The minimum Gasteiger partial charge on any atom is -0.493 e. The number of benzene rings is 1. The van der Waals surface area contributed by atoms with E-state index in [1.54, 1.807) is 7.11 Å². The minimum atomic E-state index is -0.721. The molecule has 1 saturated carbocycles. The highest BCUT2D eigenvalue weighted by Crippen LogP contribution is 2.66. The third-order valence-corrected chi connectivity index (χ3v) is 7.20. The van der Waals surface area contributed by atoms with Crippen LogP contribution in [0.15, 0.2) is 12.1 Å². The second-order valence-electron chi connectivity index (χ2n) is 7.81. The van der Waals surface area contributed by atoms with E-state index >= 15 is 0 Å². The molecular formula is C19H23NO3. The predicted molar refractivity (Wildman–Crippen MR) is 86.2 cm³/mol. The molecule has 2 bridgehead atoms. The molecule has 23 heavy (non-hydrogen) atoms. The van der Waals surface area contributed by atoms with E-state index in [-0.39, 0.29) is 11.2 Å². The van der Waals surface area contributed by atoms with Crippen molar-refractivity contribution < 1.29 is 14.3 Å². The fourth-order valence-electron chi connectivity index (χ4n) is 6.09. The van der Waals surface area contributed by atoms with Crippen LogP contribution in [0.1, 0.15) is 37.3 Å². The molecule has 1 aromatic rings. The number of carbonyl (C=O) groups excluding carboxylic acids is 1. The number of piperidine rings is 1. The van der Waals surface area contributed by atoms with Crippen LogP contribution < -0.4 is 9.47 Å². The van der Waals surface area contributed by atoms with E-state index in [9.17, 15) is 4.79 Å². The summed E-state index contributed by atoms with van der Waals surface area (Å²) in [5.41, 5.74) is 1.77. The molecule has 1 saturated heterocycles. The van der Waals surface area contributed by atoms with Crippen LogP contribution in [0.5, 0.6) is 11.5 Å². The molecule has 1 aromatic carbocycles. The molecule has 4 aliphatic rings. The Labute approximate surface area is 136 Å². The van der Waals surface area contributed by atoms with Crippen molar-refractivity contribution in [2.45, 2.75) is 49.7 Å². The monoisotopic (exact) mass is 313 g/mol. The van der Waals surface area contributed by atoms with Gasteiger partial charge in [0, 0.05) is 18.0 Å². The highest BCUT2D eigenvalue weighted by Gasteiger charge is 2.71. The molecule has 2 aliphatic carbocycles. The van der Waals surface area contributed by atoms with Gasteiger partial charge in [0.1, 0.15) is 0 Å². The first kappa shape index (κ1) is 13.8. The van der Waals surface area contributed by atoms with E-state index in [1.807, 2.05) is 13.0 Å². The van der Waals surface area contributed by atoms with Gasteiger partial charge < -0.3 is 14.4 Å². The quantitative estimate of drug-likeness (QED) is 0.797. The number of hydrogen-bond acceptors (Lipinski definition) is 4. The van der Waals surface area contributed by atoms with Gasteiger partial charge in [0.05, 0.1) is 12.5 Å². The third kappa shape index (κ3) is 1.33. The van der Waals surface area contributed by atoms with Crippen molar-refractivity contribution in [3.8, 4) is 11.5 Å². The minimum absolute atomic E-state index is 0.156. The van der Waals surface area contributed by atoms with Gasteiger partial charge in [-0.2, -0.15) is 0 Å². The van der Waals surface area contributed by atoms with Gasteiger partial charge in [-0.3, -0.25) is 4.79 Å². The number of hydrogen-bond donors (Lipinski definition) is 0. The number of nitrogens with zero attached hydrogens (tertiary/aromatic N) is 1. The lowest BCUT2D eigenvalue weighted by Gasteiger charge is -2.60. The molecule has 4 nitrogen and oxygen atoms in total. The molecule has 4 atom stereocenters. The molecular weight excluding hydrogens is 290 g/mol. The number of methoxy groups -OCH3 is 1. The normalized spacial score (nSPS) is 40.6. The van der Waals surface area contributed by atoms with Gasteiger partial charge in [-0.15, -0.1) is 0 Å². The molecule has 2 aliphatic heterocycles. The third-order valence-electron chi connectivity index (χ3n) is 7.20. The van der Waals surface area contributed by atoms with Crippen LogP contribution in [-0.2, 0) is 16.6 Å². The first-order valence-corrected chi connectivity index (χ1v) is 8.66. The number of Topliss-reactive ketones (excluding diaryl/α,β-unsaturated/α-hetero) is 1. The Morgan fingerprint density at radius 2 is 2.22 bits per heavy atom. The number of likely N-dealkylation sites (N-methyl/N-ethyl adjacent to an activating group) is 1. The molecule has 122 valence electrons. The topological polar surface area (TPSA) is 38.8 Å². The first-order valence-electron chi connectivity index (χ1n) is 8.66. The Bertz CT molecular complexity index is 730. The molecule has 0 aromatic heterocycles. The molecule has 0 amide bonds. The highest BCUT2D eigenvalue weighted by molar-refractivity contribution is 5.93. The zero-order valence-corrected chi connectivity index (χ0v) is 14.0. The molecule has 2 heterocycles. The number of likely N-dealkylation sites (tertiary alicyclic amines) is 1. The average molecular weight is 313 g/mol. The summed E-state index contributed by atoms with van der Waals surface area (Å²) in [4.78, 5) is 15.4. The molecule has 0 N–H and O–H groups in total. The molecule has 1 spiro atoms. The van der Waals surface area contributed by atoms with Crippen LogP contribution in [0.25, 0.3) is 0 Å². The standard InChI is InChI=1S/C19H23NO3/c1-18-15(21)7-5-12-13-10-11-4-6-14(22-3)17(23-18)16(11)19(12,18)8-9-20(13)2/h4,6,12-13H,5,7-10H2,1-3H3/t12-,13+,18+,19-/m0/s1. The molecule has 0 radical (unpaired) electrons. The second-order valence-corrected chi connectivity index (χ2v) is 7.81.